The first-order chi connectivity index (χ1) is 10.00. The van der Waals surface area contributed by atoms with E-state index in [2.05, 4.69) is 10.0 Å². The van der Waals surface area contributed by atoms with Gasteiger partial charge in [0.2, 0.25) is 10.0 Å². The zero-order valence-electron chi connectivity index (χ0n) is 13.2. The Kier molecular flexibility index (Phi) is 5.46. The lowest BCUT2D eigenvalue weighted by molar-refractivity contribution is 0.530. The van der Waals surface area contributed by atoms with Gasteiger partial charge < -0.3 is 9.88 Å². The molecule has 1 heterocycles. The van der Waals surface area contributed by atoms with E-state index in [1.165, 1.54) is 12.8 Å². The van der Waals surface area contributed by atoms with Gasteiger partial charge in [-0.05, 0) is 38.7 Å². The van der Waals surface area contributed by atoms with Crippen molar-refractivity contribution in [1.82, 2.24) is 14.6 Å². The summed E-state index contributed by atoms with van der Waals surface area (Å²) >= 11 is 0. The van der Waals surface area contributed by atoms with E-state index in [9.17, 15) is 8.42 Å². The molecule has 6 heteroatoms. The molecule has 1 saturated carbocycles. The first kappa shape index (κ1) is 16.5. The van der Waals surface area contributed by atoms with Crippen LogP contribution in [0.3, 0.4) is 0 Å². The van der Waals surface area contributed by atoms with Crippen LogP contribution in [0, 0.1) is 0 Å². The minimum atomic E-state index is -3.42. The van der Waals surface area contributed by atoms with Crippen molar-refractivity contribution in [1.29, 1.82) is 0 Å². The topological polar surface area (TPSA) is 63.1 Å². The Labute approximate surface area is 128 Å². The fraction of sp³-hybridized carbons (Fsp3) is 0.733. The third-order valence-corrected chi connectivity index (χ3v) is 5.56. The van der Waals surface area contributed by atoms with Crippen molar-refractivity contribution >= 4 is 10.0 Å². The lowest BCUT2D eigenvalue weighted by atomic mass is 10.2. The lowest BCUT2D eigenvalue weighted by Gasteiger charge is -2.13. The number of aryl methyl sites for hydroxylation is 1. The minimum absolute atomic E-state index is 0.00742. The van der Waals surface area contributed by atoms with E-state index in [1.807, 2.05) is 25.3 Å². The Morgan fingerprint density at radius 3 is 2.48 bits per heavy atom. The summed E-state index contributed by atoms with van der Waals surface area (Å²) in [6.07, 6.45) is 5.82. The van der Waals surface area contributed by atoms with Crippen LogP contribution in [0.2, 0.25) is 0 Å². The monoisotopic (exact) mass is 313 g/mol. The molecule has 0 amide bonds. The summed E-state index contributed by atoms with van der Waals surface area (Å²) in [6, 6.07) is 2.42. The van der Waals surface area contributed by atoms with E-state index < -0.39 is 10.0 Å². The minimum Gasteiger partial charge on any atom is -0.349 e. The maximum atomic E-state index is 12.4. The van der Waals surface area contributed by atoms with Crippen LogP contribution in [-0.2, 0) is 23.1 Å². The first-order valence-corrected chi connectivity index (χ1v) is 9.43. The molecule has 0 bridgehead atoms. The number of sulfonamides is 1. The number of nitrogens with one attached hydrogen (secondary N) is 2. The number of hydrogen-bond donors (Lipinski definition) is 2. The average molecular weight is 313 g/mol. The van der Waals surface area contributed by atoms with Crippen LogP contribution in [0.15, 0.2) is 17.2 Å². The highest BCUT2D eigenvalue weighted by atomic mass is 32.2. The van der Waals surface area contributed by atoms with E-state index in [0.29, 0.717) is 10.9 Å². The lowest BCUT2D eigenvalue weighted by Crippen LogP contribution is -2.33. The molecule has 0 saturated heterocycles. The van der Waals surface area contributed by atoms with Crippen molar-refractivity contribution in [3.05, 3.63) is 18.0 Å². The summed E-state index contributed by atoms with van der Waals surface area (Å²) in [5, 5.41) is 3.44. The Bertz CT molecular complexity index is 557. The van der Waals surface area contributed by atoms with Gasteiger partial charge in [-0.15, -0.1) is 0 Å². The summed E-state index contributed by atoms with van der Waals surface area (Å²) in [4.78, 5) is 0.379. The van der Waals surface area contributed by atoms with E-state index >= 15 is 0 Å². The Hall–Kier alpha value is -0.850. The standard InChI is InChI=1S/C15H27N3O2S/c1-4-12(5-2)17-21(19,20)15-9-14(18(6-3)11-15)10-16-13-7-8-13/h9,11-13,16-17H,4-8,10H2,1-3H3. The number of nitrogens with zero attached hydrogens (tertiary/aromatic N) is 1. The second-order valence-corrected chi connectivity index (χ2v) is 7.46. The molecular weight excluding hydrogens is 286 g/mol. The van der Waals surface area contributed by atoms with Gasteiger partial charge in [-0.25, -0.2) is 13.1 Å². The van der Waals surface area contributed by atoms with Crippen LogP contribution in [0.1, 0.15) is 52.1 Å². The van der Waals surface area contributed by atoms with Crippen molar-refractivity contribution in [2.75, 3.05) is 0 Å². The predicted octanol–water partition coefficient (Wildman–Crippen LogP) is 2.23. The maximum Gasteiger partial charge on any atom is 0.242 e. The molecule has 120 valence electrons. The molecule has 2 N–H and O–H groups in total. The highest BCUT2D eigenvalue weighted by Gasteiger charge is 2.23. The van der Waals surface area contributed by atoms with Gasteiger partial charge in [0.15, 0.2) is 0 Å². The molecule has 1 aromatic heterocycles. The van der Waals surface area contributed by atoms with Crippen LogP contribution in [0.4, 0.5) is 0 Å². The van der Waals surface area contributed by atoms with Crippen molar-refractivity contribution < 1.29 is 8.42 Å². The van der Waals surface area contributed by atoms with Gasteiger partial charge in [-0.3, -0.25) is 0 Å². The van der Waals surface area contributed by atoms with Gasteiger partial charge >= 0.3 is 0 Å². The molecule has 1 aliphatic carbocycles. The highest BCUT2D eigenvalue weighted by molar-refractivity contribution is 7.89. The van der Waals surface area contributed by atoms with E-state index in [4.69, 9.17) is 0 Å². The molecule has 1 fully saturated rings. The SMILES string of the molecule is CCC(CC)NS(=O)(=O)c1cc(CNC2CC2)n(CC)c1. The van der Waals surface area contributed by atoms with Crippen molar-refractivity contribution in [2.24, 2.45) is 0 Å². The third-order valence-electron chi connectivity index (χ3n) is 4.07. The first-order valence-electron chi connectivity index (χ1n) is 7.94. The predicted molar refractivity (Wildman–Crippen MR) is 84.7 cm³/mol. The van der Waals surface area contributed by atoms with Gasteiger partial charge in [-0.2, -0.15) is 0 Å². The molecule has 1 aromatic rings. The van der Waals surface area contributed by atoms with Crippen LogP contribution in [-0.4, -0.2) is 25.1 Å². The zero-order chi connectivity index (χ0) is 15.5. The van der Waals surface area contributed by atoms with Gasteiger partial charge in [-0.1, -0.05) is 13.8 Å². The molecule has 21 heavy (non-hydrogen) atoms. The smallest absolute Gasteiger partial charge is 0.242 e. The zero-order valence-corrected chi connectivity index (χ0v) is 14.0. The molecule has 0 atom stereocenters. The summed E-state index contributed by atoms with van der Waals surface area (Å²) in [5.74, 6) is 0. The van der Waals surface area contributed by atoms with Crippen LogP contribution in [0.5, 0.6) is 0 Å². The second-order valence-electron chi connectivity index (χ2n) is 5.74. The Balaban J connectivity index is 2.13. The Morgan fingerprint density at radius 1 is 1.29 bits per heavy atom. The quantitative estimate of drug-likeness (QED) is 0.735. The average Bonchev–Trinajstić information content (AvgIpc) is 3.20. The molecular formula is C15H27N3O2S. The van der Waals surface area contributed by atoms with Gasteiger partial charge in [0.25, 0.3) is 0 Å². The molecule has 1 aliphatic rings. The molecule has 0 radical (unpaired) electrons. The normalized spacial score (nSPS) is 15.8. The Morgan fingerprint density at radius 2 is 1.95 bits per heavy atom. The number of rotatable bonds is 9. The molecule has 0 unspecified atom stereocenters. The highest BCUT2D eigenvalue weighted by Crippen LogP contribution is 2.21. The van der Waals surface area contributed by atoms with Crippen molar-refractivity contribution in [3.63, 3.8) is 0 Å². The van der Waals surface area contributed by atoms with Gasteiger partial charge in [0.1, 0.15) is 0 Å². The molecule has 5 nitrogen and oxygen atoms in total. The summed E-state index contributed by atoms with van der Waals surface area (Å²) in [6.45, 7) is 7.55. The number of hydrogen-bond acceptors (Lipinski definition) is 3. The molecule has 0 aromatic carbocycles. The van der Waals surface area contributed by atoms with E-state index in [0.717, 1.165) is 31.6 Å². The van der Waals surface area contributed by atoms with Crippen LogP contribution >= 0.6 is 0 Å². The summed E-state index contributed by atoms with van der Waals surface area (Å²) in [7, 11) is -3.42. The molecule has 0 spiro atoms. The second kappa shape index (κ2) is 6.94. The van der Waals surface area contributed by atoms with Crippen molar-refractivity contribution in [3.8, 4) is 0 Å². The van der Waals surface area contributed by atoms with Crippen molar-refractivity contribution in [2.45, 2.75) is 76.5 Å². The molecule has 2 rings (SSSR count). The number of aromatic nitrogens is 1. The summed E-state index contributed by atoms with van der Waals surface area (Å²) in [5.41, 5.74) is 1.04. The van der Waals surface area contributed by atoms with E-state index in [1.54, 1.807) is 12.3 Å². The maximum absolute atomic E-state index is 12.4. The van der Waals surface area contributed by atoms with Gasteiger partial charge in [0.05, 0.1) is 4.90 Å². The fourth-order valence-corrected chi connectivity index (χ4v) is 3.86. The summed E-state index contributed by atoms with van der Waals surface area (Å²) < 4.78 is 29.7. The van der Waals surface area contributed by atoms with Crippen LogP contribution in [0.25, 0.3) is 0 Å². The van der Waals surface area contributed by atoms with E-state index in [-0.39, 0.29) is 6.04 Å². The fourth-order valence-electron chi connectivity index (χ4n) is 2.39. The third kappa shape index (κ3) is 4.31. The molecule has 0 aliphatic heterocycles. The van der Waals surface area contributed by atoms with Gasteiger partial charge in [0, 0.05) is 37.1 Å². The van der Waals surface area contributed by atoms with Crippen LogP contribution < -0.4 is 10.0 Å². The largest absolute Gasteiger partial charge is 0.349 e.